The molecule has 2 heteroatoms. The van der Waals surface area contributed by atoms with E-state index in [9.17, 15) is 5.11 Å². The Kier molecular flexibility index (Phi) is 3.99. The highest BCUT2D eigenvalue weighted by Crippen LogP contribution is 2.40. The minimum absolute atomic E-state index is 0.110. The van der Waals surface area contributed by atoms with E-state index in [4.69, 9.17) is 0 Å². The van der Waals surface area contributed by atoms with E-state index < -0.39 is 0 Å². The minimum atomic E-state index is 0.110. The molecule has 1 atom stereocenters. The molecule has 0 aliphatic carbocycles. The molecular weight excluding hydrogens is 294 g/mol. The van der Waals surface area contributed by atoms with Gasteiger partial charge in [0.1, 0.15) is 5.75 Å². The molecule has 122 valence electrons. The van der Waals surface area contributed by atoms with Crippen LogP contribution in [0.3, 0.4) is 0 Å². The molecule has 4 rings (SSSR count). The molecule has 0 saturated carbocycles. The highest BCUT2D eigenvalue weighted by atomic mass is 16.3. The zero-order valence-electron chi connectivity index (χ0n) is 14.1. The second-order valence-electron chi connectivity index (χ2n) is 6.78. The van der Waals surface area contributed by atoms with Crippen LogP contribution in [-0.4, -0.2) is 23.1 Å². The molecule has 3 aromatic rings. The van der Waals surface area contributed by atoms with Gasteiger partial charge in [-0.3, -0.25) is 4.90 Å². The monoisotopic (exact) mass is 317 g/mol. The SMILES string of the molecule is Cc1ccc(C(c2c(O)ccc3ccccc23)N2CCCC2)cc1. The van der Waals surface area contributed by atoms with Crippen LogP contribution in [-0.2, 0) is 0 Å². The number of hydrogen-bond donors (Lipinski definition) is 1. The van der Waals surface area contributed by atoms with Crippen LogP contribution in [0, 0.1) is 6.92 Å². The van der Waals surface area contributed by atoms with Crippen LogP contribution in [0.5, 0.6) is 5.75 Å². The summed E-state index contributed by atoms with van der Waals surface area (Å²) in [6.07, 6.45) is 2.46. The maximum atomic E-state index is 10.7. The van der Waals surface area contributed by atoms with E-state index in [-0.39, 0.29) is 6.04 Å². The van der Waals surface area contributed by atoms with Gasteiger partial charge in [-0.1, -0.05) is 60.2 Å². The molecule has 1 N–H and O–H groups in total. The van der Waals surface area contributed by atoms with Gasteiger partial charge in [-0.15, -0.1) is 0 Å². The molecule has 24 heavy (non-hydrogen) atoms. The fourth-order valence-corrected chi connectivity index (χ4v) is 3.88. The first-order chi connectivity index (χ1) is 11.7. The lowest BCUT2D eigenvalue weighted by Crippen LogP contribution is -2.26. The van der Waals surface area contributed by atoms with Gasteiger partial charge in [0, 0.05) is 5.56 Å². The van der Waals surface area contributed by atoms with E-state index in [0.717, 1.165) is 24.0 Å². The number of rotatable bonds is 3. The van der Waals surface area contributed by atoms with Crippen molar-refractivity contribution in [3.05, 3.63) is 77.4 Å². The molecular formula is C22H23NO. The number of likely N-dealkylation sites (tertiary alicyclic amines) is 1. The van der Waals surface area contributed by atoms with Crippen molar-refractivity contribution in [1.82, 2.24) is 4.90 Å². The van der Waals surface area contributed by atoms with Gasteiger partial charge in [-0.05, 0) is 55.3 Å². The Morgan fingerprint density at radius 1 is 0.875 bits per heavy atom. The second kappa shape index (κ2) is 6.29. The molecule has 2 nitrogen and oxygen atoms in total. The molecule has 1 fully saturated rings. The Labute approximate surface area is 143 Å². The summed E-state index contributed by atoms with van der Waals surface area (Å²) in [6.45, 7) is 4.28. The number of aryl methyl sites for hydroxylation is 1. The highest BCUT2D eigenvalue weighted by molar-refractivity contribution is 5.88. The summed E-state index contributed by atoms with van der Waals surface area (Å²) >= 11 is 0. The topological polar surface area (TPSA) is 23.5 Å². The summed E-state index contributed by atoms with van der Waals surface area (Å²) < 4.78 is 0. The molecule has 0 radical (unpaired) electrons. The molecule has 1 unspecified atom stereocenters. The normalized spacial score (nSPS) is 16.5. The number of hydrogen-bond acceptors (Lipinski definition) is 2. The number of fused-ring (bicyclic) bond motifs is 1. The molecule has 0 amide bonds. The second-order valence-corrected chi connectivity index (χ2v) is 6.78. The number of benzene rings is 3. The first kappa shape index (κ1) is 15.2. The zero-order valence-corrected chi connectivity index (χ0v) is 14.1. The van der Waals surface area contributed by atoms with E-state index in [1.54, 1.807) is 0 Å². The van der Waals surface area contributed by atoms with E-state index >= 15 is 0 Å². The summed E-state index contributed by atoms with van der Waals surface area (Å²) in [7, 11) is 0. The van der Waals surface area contributed by atoms with Gasteiger partial charge in [0.15, 0.2) is 0 Å². The van der Waals surface area contributed by atoms with Crippen LogP contribution in [0.2, 0.25) is 0 Å². The average molecular weight is 317 g/mol. The number of phenolic OH excluding ortho intramolecular Hbond substituents is 1. The van der Waals surface area contributed by atoms with Crippen LogP contribution < -0.4 is 0 Å². The maximum absolute atomic E-state index is 10.7. The standard InChI is InChI=1S/C22H23NO/c1-16-8-10-18(11-9-16)22(23-14-4-5-15-23)21-19-7-3-2-6-17(19)12-13-20(21)24/h2-3,6-13,22,24H,4-5,14-15H2,1H3. The maximum Gasteiger partial charge on any atom is 0.121 e. The van der Waals surface area contributed by atoms with Crippen molar-refractivity contribution < 1.29 is 5.11 Å². The quantitative estimate of drug-likeness (QED) is 0.731. The molecule has 3 aromatic carbocycles. The summed E-state index contributed by atoms with van der Waals surface area (Å²) in [6, 6.07) is 21.1. The Hall–Kier alpha value is -2.32. The van der Waals surface area contributed by atoms with Crippen molar-refractivity contribution in [1.29, 1.82) is 0 Å². The van der Waals surface area contributed by atoms with Crippen LogP contribution in [0.25, 0.3) is 10.8 Å². The fraction of sp³-hybridized carbons (Fsp3) is 0.273. The summed E-state index contributed by atoms with van der Waals surface area (Å²) in [4.78, 5) is 2.51. The first-order valence-corrected chi connectivity index (χ1v) is 8.75. The molecule has 1 aliphatic rings. The number of aromatic hydroxyl groups is 1. The van der Waals surface area contributed by atoms with Crippen LogP contribution in [0.15, 0.2) is 60.7 Å². The summed E-state index contributed by atoms with van der Waals surface area (Å²) in [5.74, 6) is 0.395. The Bertz CT molecular complexity index is 847. The molecule has 1 heterocycles. The third kappa shape index (κ3) is 2.67. The van der Waals surface area contributed by atoms with Gasteiger partial charge < -0.3 is 5.11 Å². The third-order valence-corrected chi connectivity index (χ3v) is 5.12. The third-order valence-electron chi connectivity index (χ3n) is 5.12. The predicted octanol–water partition coefficient (Wildman–Crippen LogP) is 5.04. The lowest BCUT2D eigenvalue weighted by atomic mass is 9.91. The van der Waals surface area contributed by atoms with Crippen molar-refractivity contribution in [3.63, 3.8) is 0 Å². The van der Waals surface area contributed by atoms with Crippen molar-refractivity contribution >= 4 is 10.8 Å². The molecule has 1 aliphatic heterocycles. The van der Waals surface area contributed by atoms with Crippen LogP contribution >= 0.6 is 0 Å². The van der Waals surface area contributed by atoms with Gasteiger partial charge in [0.2, 0.25) is 0 Å². The zero-order chi connectivity index (χ0) is 16.5. The lowest BCUT2D eigenvalue weighted by molar-refractivity contribution is 0.277. The summed E-state index contributed by atoms with van der Waals surface area (Å²) in [5.41, 5.74) is 3.56. The van der Waals surface area contributed by atoms with Crippen molar-refractivity contribution in [2.24, 2.45) is 0 Å². The predicted molar refractivity (Wildman–Crippen MR) is 99.4 cm³/mol. The molecule has 0 bridgehead atoms. The van der Waals surface area contributed by atoms with Crippen LogP contribution in [0.1, 0.15) is 35.6 Å². The van der Waals surface area contributed by atoms with Crippen LogP contribution in [0.4, 0.5) is 0 Å². The Morgan fingerprint density at radius 3 is 2.33 bits per heavy atom. The molecule has 0 aromatic heterocycles. The molecule has 0 spiro atoms. The minimum Gasteiger partial charge on any atom is -0.508 e. The van der Waals surface area contributed by atoms with Gasteiger partial charge in [-0.25, -0.2) is 0 Å². The smallest absolute Gasteiger partial charge is 0.121 e. The van der Waals surface area contributed by atoms with Gasteiger partial charge in [0.05, 0.1) is 6.04 Å². The van der Waals surface area contributed by atoms with E-state index in [1.807, 2.05) is 12.1 Å². The van der Waals surface area contributed by atoms with Crippen molar-refractivity contribution in [2.45, 2.75) is 25.8 Å². The largest absolute Gasteiger partial charge is 0.508 e. The van der Waals surface area contributed by atoms with E-state index in [1.165, 1.54) is 29.4 Å². The van der Waals surface area contributed by atoms with Crippen molar-refractivity contribution in [3.8, 4) is 5.75 Å². The number of nitrogens with zero attached hydrogens (tertiary/aromatic N) is 1. The number of phenols is 1. The highest BCUT2D eigenvalue weighted by Gasteiger charge is 2.28. The van der Waals surface area contributed by atoms with E-state index in [0.29, 0.717) is 5.75 Å². The molecule has 1 saturated heterocycles. The van der Waals surface area contributed by atoms with Gasteiger partial charge in [-0.2, -0.15) is 0 Å². The van der Waals surface area contributed by atoms with E-state index in [2.05, 4.69) is 60.4 Å². The average Bonchev–Trinajstić information content (AvgIpc) is 3.13. The lowest BCUT2D eigenvalue weighted by Gasteiger charge is -2.30. The Balaban J connectivity index is 1.93. The fourth-order valence-electron chi connectivity index (χ4n) is 3.88. The van der Waals surface area contributed by atoms with Crippen molar-refractivity contribution in [2.75, 3.05) is 13.1 Å². The first-order valence-electron chi connectivity index (χ1n) is 8.75. The van der Waals surface area contributed by atoms with Gasteiger partial charge in [0.25, 0.3) is 0 Å². The Morgan fingerprint density at radius 2 is 1.58 bits per heavy atom. The van der Waals surface area contributed by atoms with Gasteiger partial charge >= 0.3 is 0 Å². The summed E-state index contributed by atoms with van der Waals surface area (Å²) in [5, 5.41) is 13.1.